The molecule has 0 spiro atoms. The molecule has 0 saturated heterocycles. The number of ketones is 2. The van der Waals surface area contributed by atoms with Gasteiger partial charge in [0, 0.05) is 16.7 Å². The Bertz CT molecular complexity index is 797. The van der Waals surface area contributed by atoms with E-state index in [2.05, 4.69) is 5.32 Å². The minimum atomic E-state index is -1.24. The van der Waals surface area contributed by atoms with Crippen molar-refractivity contribution in [1.29, 1.82) is 5.41 Å². The Morgan fingerprint density at radius 2 is 1.50 bits per heavy atom. The predicted molar refractivity (Wildman–Crippen MR) is 80.5 cm³/mol. The lowest BCUT2D eigenvalue weighted by Crippen LogP contribution is -2.52. The van der Waals surface area contributed by atoms with Crippen molar-refractivity contribution in [3.63, 3.8) is 0 Å². The van der Waals surface area contributed by atoms with Gasteiger partial charge in [-0.1, -0.05) is 42.5 Å². The highest BCUT2D eigenvalue weighted by atomic mass is 16.2. The molecule has 1 aliphatic rings. The van der Waals surface area contributed by atoms with Crippen LogP contribution in [0.3, 0.4) is 0 Å². The summed E-state index contributed by atoms with van der Waals surface area (Å²) in [6, 6.07) is 13.5. The Morgan fingerprint density at radius 3 is 2.18 bits per heavy atom. The molecule has 3 rings (SSSR count). The Balaban J connectivity index is 1.92. The summed E-state index contributed by atoms with van der Waals surface area (Å²) in [5, 5.41) is 10.4. The molecule has 1 atom stereocenters. The van der Waals surface area contributed by atoms with Crippen molar-refractivity contribution in [2.45, 2.75) is 6.04 Å². The zero-order valence-electron chi connectivity index (χ0n) is 11.5. The van der Waals surface area contributed by atoms with Gasteiger partial charge in [0.2, 0.25) is 5.78 Å². The average molecular weight is 292 g/mol. The molecule has 0 saturated carbocycles. The smallest absolute Gasteiger partial charge is 0.252 e. The van der Waals surface area contributed by atoms with E-state index in [-0.39, 0.29) is 11.1 Å². The average Bonchev–Trinajstić information content (AvgIpc) is 2.57. The second kappa shape index (κ2) is 5.37. The summed E-state index contributed by atoms with van der Waals surface area (Å²) in [5.74, 6) is -1.46. The summed E-state index contributed by atoms with van der Waals surface area (Å²) in [7, 11) is 0. The molecule has 1 aliphatic carbocycles. The SMILES string of the molecule is N=C1C(=O)c2ccccc2C(=O)C1NC(=O)c1ccccc1. The van der Waals surface area contributed by atoms with E-state index in [4.69, 9.17) is 5.41 Å². The van der Waals surface area contributed by atoms with Gasteiger partial charge in [0.15, 0.2) is 5.78 Å². The van der Waals surface area contributed by atoms with Gasteiger partial charge >= 0.3 is 0 Å². The minimum Gasteiger partial charge on any atom is -0.336 e. The number of amides is 1. The fourth-order valence-corrected chi connectivity index (χ4v) is 2.40. The lowest BCUT2D eigenvalue weighted by atomic mass is 9.84. The van der Waals surface area contributed by atoms with Crippen molar-refractivity contribution >= 4 is 23.2 Å². The van der Waals surface area contributed by atoms with Crippen molar-refractivity contribution in [2.24, 2.45) is 0 Å². The van der Waals surface area contributed by atoms with Crippen LogP contribution in [0.1, 0.15) is 31.1 Å². The highest BCUT2D eigenvalue weighted by molar-refractivity contribution is 6.54. The van der Waals surface area contributed by atoms with E-state index < -0.39 is 29.2 Å². The molecule has 1 amide bonds. The number of carbonyl (C=O) groups excluding carboxylic acids is 3. The van der Waals surface area contributed by atoms with E-state index >= 15 is 0 Å². The lowest BCUT2D eigenvalue weighted by molar-refractivity contribution is 0.0871. The van der Waals surface area contributed by atoms with Crippen LogP contribution in [-0.4, -0.2) is 29.2 Å². The number of fused-ring (bicyclic) bond motifs is 1. The molecule has 0 bridgehead atoms. The summed E-state index contributed by atoms with van der Waals surface area (Å²) >= 11 is 0. The highest BCUT2D eigenvalue weighted by Crippen LogP contribution is 2.19. The second-order valence-electron chi connectivity index (χ2n) is 4.93. The monoisotopic (exact) mass is 292 g/mol. The Kier molecular flexibility index (Phi) is 3.39. The first-order chi connectivity index (χ1) is 10.6. The molecule has 1 unspecified atom stereocenters. The lowest BCUT2D eigenvalue weighted by Gasteiger charge is -2.24. The third kappa shape index (κ3) is 2.22. The number of carbonyl (C=O) groups is 3. The van der Waals surface area contributed by atoms with Crippen LogP contribution in [0.4, 0.5) is 0 Å². The van der Waals surface area contributed by atoms with Gasteiger partial charge in [-0.2, -0.15) is 0 Å². The van der Waals surface area contributed by atoms with Gasteiger partial charge in [-0.3, -0.25) is 19.8 Å². The van der Waals surface area contributed by atoms with E-state index in [1.54, 1.807) is 42.5 Å². The second-order valence-corrected chi connectivity index (χ2v) is 4.93. The van der Waals surface area contributed by atoms with Crippen LogP contribution in [0, 0.1) is 5.41 Å². The molecule has 2 aromatic rings. The molecule has 0 aromatic heterocycles. The molecule has 108 valence electrons. The third-order valence-corrected chi connectivity index (χ3v) is 3.54. The normalized spacial score (nSPS) is 17.1. The van der Waals surface area contributed by atoms with Crippen LogP contribution in [0.15, 0.2) is 54.6 Å². The first-order valence-electron chi connectivity index (χ1n) is 6.72. The van der Waals surface area contributed by atoms with Gasteiger partial charge in [0.25, 0.3) is 5.91 Å². The van der Waals surface area contributed by atoms with E-state index in [1.807, 2.05) is 0 Å². The Labute approximate surface area is 126 Å². The fraction of sp³-hybridized carbons (Fsp3) is 0.0588. The summed E-state index contributed by atoms with van der Waals surface area (Å²) in [4.78, 5) is 36.7. The molecule has 5 nitrogen and oxygen atoms in total. The van der Waals surface area contributed by atoms with E-state index in [9.17, 15) is 14.4 Å². The molecular weight excluding hydrogens is 280 g/mol. The van der Waals surface area contributed by atoms with Crippen LogP contribution in [-0.2, 0) is 0 Å². The van der Waals surface area contributed by atoms with Crippen LogP contribution in [0.2, 0.25) is 0 Å². The number of nitrogens with one attached hydrogen (secondary N) is 2. The molecular formula is C17H12N2O3. The van der Waals surface area contributed by atoms with Gasteiger partial charge in [-0.15, -0.1) is 0 Å². The highest BCUT2D eigenvalue weighted by Gasteiger charge is 2.38. The number of rotatable bonds is 2. The molecule has 2 N–H and O–H groups in total. The van der Waals surface area contributed by atoms with Crippen LogP contribution in [0.5, 0.6) is 0 Å². The third-order valence-electron chi connectivity index (χ3n) is 3.54. The fourth-order valence-electron chi connectivity index (χ4n) is 2.40. The zero-order chi connectivity index (χ0) is 15.7. The number of Topliss-reactive ketones (excluding diaryl/α,β-unsaturated/α-hetero) is 2. The maximum atomic E-state index is 12.4. The maximum Gasteiger partial charge on any atom is 0.252 e. The number of hydrogen-bond acceptors (Lipinski definition) is 4. The zero-order valence-corrected chi connectivity index (χ0v) is 11.5. The standard InChI is InChI=1S/C17H12N2O3/c18-13-14(19-17(22)10-6-2-1-3-7-10)16(21)12-9-5-4-8-11(12)15(13)20/h1-9,14,18H,(H,19,22). The first-order valence-corrected chi connectivity index (χ1v) is 6.72. The summed E-state index contributed by atoms with van der Waals surface area (Å²) in [6.45, 7) is 0. The van der Waals surface area contributed by atoms with Crippen molar-refractivity contribution in [2.75, 3.05) is 0 Å². The van der Waals surface area contributed by atoms with E-state index in [1.165, 1.54) is 12.1 Å². The van der Waals surface area contributed by atoms with Gasteiger partial charge in [0.1, 0.15) is 11.8 Å². The van der Waals surface area contributed by atoms with Crippen molar-refractivity contribution in [1.82, 2.24) is 5.32 Å². The molecule has 0 aliphatic heterocycles. The predicted octanol–water partition coefficient (Wildman–Crippen LogP) is 1.88. The molecule has 2 aromatic carbocycles. The quantitative estimate of drug-likeness (QED) is 0.886. The molecule has 0 radical (unpaired) electrons. The number of benzene rings is 2. The van der Waals surface area contributed by atoms with Crippen LogP contribution in [0.25, 0.3) is 0 Å². The van der Waals surface area contributed by atoms with Gasteiger partial charge in [0.05, 0.1) is 0 Å². The minimum absolute atomic E-state index is 0.211. The van der Waals surface area contributed by atoms with Crippen molar-refractivity contribution < 1.29 is 14.4 Å². The topological polar surface area (TPSA) is 87.1 Å². The van der Waals surface area contributed by atoms with Gasteiger partial charge < -0.3 is 5.32 Å². The molecule has 5 heteroatoms. The number of hydrogen-bond donors (Lipinski definition) is 2. The van der Waals surface area contributed by atoms with Gasteiger partial charge in [-0.05, 0) is 12.1 Å². The molecule has 22 heavy (non-hydrogen) atoms. The van der Waals surface area contributed by atoms with Gasteiger partial charge in [-0.25, -0.2) is 0 Å². The van der Waals surface area contributed by atoms with Crippen LogP contribution < -0.4 is 5.32 Å². The largest absolute Gasteiger partial charge is 0.336 e. The molecule has 0 heterocycles. The summed E-state index contributed by atoms with van der Waals surface area (Å²) < 4.78 is 0. The first kappa shape index (κ1) is 13.9. The van der Waals surface area contributed by atoms with Crippen molar-refractivity contribution in [3.8, 4) is 0 Å². The summed E-state index contributed by atoms with van der Waals surface area (Å²) in [6.07, 6.45) is 0. The van der Waals surface area contributed by atoms with E-state index in [0.717, 1.165) is 0 Å². The summed E-state index contributed by atoms with van der Waals surface area (Å²) in [5.41, 5.74) is 0.409. The Hall–Kier alpha value is -3.08. The van der Waals surface area contributed by atoms with Crippen LogP contribution >= 0.6 is 0 Å². The van der Waals surface area contributed by atoms with E-state index in [0.29, 0.717) is 5.56 Å². The maximum absolute atomic E-state index is 12.4. The van der Waals surface area contributed by atoms with Crippen molar-refractivity contribution in [3.05, 3.63) is 71.3 Å². The molecule has 0 fully saturated rings. The Morgan fingerprint density at radius 1 is 0.909 bits per heavy atom.